The Balaban J connectivity index is 1.65. The Morgan fingerprint density at radius 3 is 2.37 bits per heavy atom. The van der Waals surface area contributed by atoms with Crippen molar-refractivity contribution in [3.63, 3.8) is 0 Å². The third-order valence-corrected chi connectivity index (χ3v) is 7.27. The molecule has 1 aliphatic rings. The van der Waals surface area contributed by atoms with Crippen LogP contribution in [0.3, 0.4) is 0 Å². The van der Waals surface area contributed by atoms with E-state index >= 15 is 0 Å². The molecule has 164 valence electrons. The maximum atomic E-state index is 12.0. The monoisotopic (exact) mass is 452 g/mol. The Morgan fingerprint density at radius 1 is 1.13 bits per heavy atom. The first-order valence-corrected chi connectivity index (χ1v) is 12.2. The molecule has 2 aromatic rings. The van der Waals surface area contributed by atoms with E-state index in [0.29, 0.717) is 30.3 Å². The first kappa shape index (κ1) is 22.9. The summed E-state index contributed by atoms with van der Waals surface area (Å²) in [6, 6.07) is 15.0. The second-order valence-electron chi connectivity index (χ2n) is 7.97. The summed E-state index contributed by atoms with van der Waals surface area (Å²) >= 11 is 5.88. The standard InChI is InChI=1S/C22H29ClN2O4S/c1-24(2)19-7-3-17(4-8-19)13-25(20-11-12-30(27,28)16-20)14-21(26)15-29-22-9-5-18(23)6-10-22/h3-10,20-21,26H,11-16H2,1-2H3. The van der Waals surface area contributed by atoms with E-state index in [2.05, 4.69) is 4.90 Å². The van der Waals surface area contributed by atoms with Gasteiger partial charge in [0.1, 0.15) is 18.5 Å². The summed E-state index contributed by atoms with van der Waals surface area (Å²) in [6.45, 7) is 1.03. The molecular weight excluding hydrogens is 424 g/mol. The molecule has 1 aliphatic heterocycles. The summed E-state index contributed by atoms with van der Waals surface area (Å²) in [7, 11) is 0.956. The number of nitrogens with zero attached hydrogens (tertiary/aromatic N) is 2. The van der Waals surface area contributed by atoms with Crippen molar-refractivity contribution in [2.75, 3.05) is 43.7 Å². The fraction of sp³-hybridized carbons (Fsp3) is 0.455. The van der Waals surface area contributed by atoms with Crippen molar-refractivity contribution >= 4 is 27.1 Å². The first-order chi connectivity index (χ1) is 14.2. The third-order valence-electron chi connectivity index (χ3n) is 5.26. The molecule has 2 aromatic carbocycles. The van der Waals surface area contributed by atoms with Crippen LogP contribution in [0.15, 0.2) is 48.5 Å². The summed E-state index contributed by atoms with van der Waals surface area (Å²) in [5, 5.41) is 11.2. The molecule has 2 unspecified atom stereocenters. The van der Waals surface area contributed by atoms with Gasteiger partial charge in [0.05, 0.1) is 11.5 Å². The number of aliphatic hydroxyl groups excluding tert-OH is 1. The van der Waals surface area contributed by atoms with Crippen LogP contribution in [0.1, 0.15) is 12.0 Å². The van der Waals surface area contributed by atoms with Crippen LogP contribution in [0.4, 0.5) is 5.69 Å². The number of halogens is 1. The van der Waals surface area contributed by atoms with Crippen molar-refractivity contribution in [3.8, 4) is 5.75 Å². The van der Waals surface area contributed by atoms with E-state index in [1.807, 2.05) is 43.3 Å². The lowest BCUT2D eigenvalue weighted by Crippen LogP contribution is -2.42. The predicted octanol–water partition coefficient (Wildman–Crippen LogP) is 2.84. The zero-order valence-corrected chi connectivity index (χ0v) is 18.9. The number of ether oxygens (including phenoxy) is 1. The SMILES string of the molecule is CN(C)c1ccc(CN(CC(O)COc2ccc(Cl)cc2)C2CCS(=O)(=O)C2)cc1. The smallest absolute Gasteiger partial charge is 0.151 e. The zero-order valence-electron chi connectivity index (χ0n) is 17.4. The van der Waals surface area contributed by atoms with Gasteiger partial charge >= 0.3 is 0 Å². The van der Waals surface area contributed by atoms with E-state index in [1.54, 1.807) is 24.3 Å². The van der Waals surface area contributed by atoms with E-state index in [1.165, 1.54) is 0 Å². The van der Waals surface area contributed by atoms with Crippen LogP contribution in [-0.2, 0) is 16.4 Å². The highest BCUT2D eigenvalue weighted by atomic mass is 35.5. The highest BCUT2D eigenvalue weighted by Crippen LogP contribution is 2.22. The van der Waals surface area contributed by atoms with E-state index in [9.17, 15) is 13.5 Å². The fourth-order valence-corrected chi connectivity index (χ4v) is 5.47. The second-order valence-corrected chi connectivity index (χ2v) is 10.6. The van der Waals surface area contributed by atoms with Gasteiger partial charge in [0.2, 0.25) is 0 Å². The predicted molar refractivity (Wildman–Crippen MR) is 121 cm³/mol. The number of anilines is 1. The van der Waals surface area contributed by atoms with Gasteiger partial charge in [0, 0.05) is 43.9 Å². The second kappa shape index (κ2) is 10.0. The van der Waals surface area contributed by atoms with Gasteiger partial charge < -0.3 is 14.7 Å². The van der Waals surface area contributed by atoms with Crippen molar-refractivity contribution in [3.05, 3.63) is 59.1 Å². The molecule has 3 rings (SSSR count). The highest BCUT2D eigenvalue weighted by molar-refractivity contribution is 7.91. The topological polar surface area (TPSA) is 70.1 Å². The number of hydrogen-bond donors (Lipinski definition) is 1. The molecule has 0 aliphatic carbocycles. The maximum absolute atomic E-state index is 12.0. The van der Waals surface area contributed by atoms with E-state index in [0.717, 1.165) is 11.3 Å². The van der Waals surface area contributed by atoms with E-state index in [4.69, 9.17) is 16.3 Å². The fourth-order valence-electron chi connectivity index (χ4n) is 3.59. The number of rotatable bonds is 9. The molecule has 8 heteroatoms. The van der Waals surface area contributed by atoms with Gasteiger partial charge in [-0.25, -0.2) is 8.42 Å². The van der Waals surface area contributed by atoms with Crippen LogP contribution in [-0.4, -0.2) is 69.3 Å². The van der Waals surface area contributed by atoms with Gasteiger partial charge in [-0.05, 0) is 48.4 Å². The normalized spacial score (nSPS) is 19.0. The zero-order chi connectivity index (χ0) is 21.7. The molecule has 1 N–H and O–H groups in total. The van der Waals surface area contributed by atoms with Gasteiger partial charge in [-0.3, -0.25) is 4.90 Å². The van der Waals surface area contributed by atoms with Crippen LogP contribution < -0.4 is 9.64 Å². The average molecular weight is 453 g/mol. The molecule has 0 radical (unpaired) electrons. The number of sulfone groups is 1. The van der Waals surface area contributed by atoms with Crippen molar-refractivity contribution in [1.82, 2.24) is 4.90 Å². The molecule has 0 aromatic heterocycles. The molecule has 30 heavy (non-hydrogen) atoms. The Morgan fingerprint density at radius 2 is 1.80 bits per heavy atom. The Kier molecular flexibility index (Phi) is 7.63. The maximum Gasteiger partial charge on any atom is 0.151 e. The summed E-state index contributed by atoms with van der Waals surface area (Å²) in [5.41, 5.74) is 2.18. The number of hydrogen-bond acceptors (Lipinski definition) is 6. The summed E-state index contributed by atoms with van der Waals surface area (Å²) < 4.78 is 29.7. The van der Waals surface area contributed by atoms with Crippen molar-refractivity contribution < 1.29 is 18.3 Å². The van der Waals surface area contributed by atoms with Crippen molar-refractivity contribution in [2.45, 2.75) is 25.1 Å². The Bertz CT molecular complexity index is 917. The lowest BCUT2D eigenvalue weighted by molar-refractivity contribution is 0.0525. The number of benzene rings is 2. The molecule has 0 bridgehead atoms. The van der Waals surface area contributed by atoms with Crippen molar-refractivity contribution in [2.24, 2.45) is 0 Å². The van der Waals surface area contributed by atoms with Crippen LogP contribution in [0.25, 0.3) is 0 Å². The average Bonchev–Trinajstić information content (AvgIpc) is 3.07. The summed E-state index contributed by atoms with van der Waals surface area (Å²) in [5.74, 6) is 0.964. The summed E-state index contributed by atoms with van der Waals surface area (Å²) in [6.07, 6.45) is -0.159. The minimum Gasteiger partial charge on any atom is -0.491 e. The Hall–Kier alpha value is -1.80. The van der Waals surface area contributed by atoms with E-state index < -0.39 is 15.9 Å². The first-order valence-electron chi connectivity index (χ1n) is 9.99. The highest BCUT2D eigenvalue weighted by Gasteiger charge is 2.33. The molecule has 6 nitrogen and oxygen atoms in total. The molecule has 0 spiro atoms. The lowest BCUT2D eigenvalue weighted by Gasteiger charge is -2.30. The number of aliphatic hydroxyl groups is 1. The molecule has 1 heterocycles. The molecule has 1 saturated heterocycles. The van der Waals surface area contributed by atoms with Gasteiger partial charge in [-0.2, -0.15) is 0 Å². The van der Waals surface area contributed by atoms with Crippen LogP contribution >= 0.6 is 11.6 Å². The van der Waals surface area contributed by atoms with Gasteiger partial charge in [0.15, 0.2) is 9.84 Å². The quantitative estimate of drug-likeness (QED) is 0.631. The Labute approximate surface area is 183 Å². The third kappa shape index (κ3) is 6.60. The molecule has 2 atom stereocenters. The minimum atomic E-state index is -3.02. The van der Waals surface area contributed by atoms with Crippen LogP contribution in [0.5, 0.6) is 5.75 Å². The lowest BCUT2D eigenvalue weighted by atomic mass is 10.1. The van der Waals surface area contributed by atoms with Crippen LogP contribution in [0.2, 0.25) is 5.02 Å². The molecule has 0 saturated carbocycles. The molecule has 1 fully saturated rings. The van der Waals surface area contributed by atoms with Gasteiger partial charge in [0.25, 0.3) is 0 Å². The molecular formula is C22H29ClN2O4S. The largest absolute Gasteiger partial charge is 0.491 e. The van der Waals surface area contributed by atoms with E-state index in [-0.39, 0.29) is 24.2 Å². The van der Waals surface area contributed by atoms with Gasteiger partial charge in [-0.1, -0.05) is 23.7 Å². The summed E-state index contributed by atoms with van der Waals surface area (Å²) in [4.78, 5) is 4.09. The molecule has 0 amide bonds. The minimum absolute atomic E-state index is 0.103. The van der Waals surface area contributed by atoms with Crippen molar-refractivity contribution in [1.29, 1.82) is 0 Å². The van der Waals surface area contributed by atoms with Crippen LogP contribution in [0, 0.1) is 0 Å². The van der Waals surface area contributed by atoms with Gasteiger partial charge in [-0.15, -0.1) is 0 Å².